The van der Waals surface area contributed by atoms with Crippen LogP contribution in [0.5, 0.6) is 0 Å². The summed E-state index contributed by atoms with van der Waals surface area (Å²) in [6, 6.07) is 15.0. The maximum atomic E-state index is 13.4. The number of piperazine rings is 1. The number of anilines is 2. The standard InChI is InChI=1S/C32H40N8O4S2/c1-22(19-39-14-16-40(17-15-39)46(42,43)30-23(2)36-31(45-30)37-32(41)44-3)35-29-27-11-7-10-26(28(27)33-21-34-29)25-9-6-8-24(18-25)20-38-12-4-5-13-38/h6-11,18,21-22H,4-5,12-17,19-20H2,1-3H3,(H,33,34,35)(H,36,37,41)/t22-/m0/s1. The molecule has 2 fully saturated rings. The number of ether oxygens (including phenoxy) is 1. The number of nitrogens with one attached hydrogen (secondary N) is 2. The van der Waals surface area contributed by atoms with Crippen LogP contribution in [0, 0.1) is 6.92 Å². The molecule has 0 unspecified atom stereocenters. The normalized spacial score (nSPS) is 17.3. The Morgan fingerprint density at radius 2 is 1.78 bits per heavy atom. The molecule has 1 atom stereocenters. The van der Waals surface area contributed by atoms with E-state index in [0.717, 1.165) is 52.3 Å². The van der Waals surface area contributed by atoms with Gasteiger partial charge in [-0.15, -0.1) is 0 Å². The zero-order valence-electron chi connectivity index (χ0n) is 26.4. The zero-order valence-corrected chi connectivity index (χ0v) is 28.0. The van der Waals surface area contributed by atoms with Crippen molar-refractivity contribution in [2.75, 3.05) is 63.6 Å². The van der Waals surface area contributed by atoms with E-state index in [2.05, 4.69) is 84.5 Å². The topological polar surface area (TPSA) is 133 Å². The number of fused-ring (bicyclic) bond motifs is 1. The molecule has 1 amide bonds. The molecule has 2 aromatic heterocycles. The van der Waals surface area contributed by atoms with Crippen molar-refractivity contribution in [3.05, 3.63) is 60.0 Å². The third-order valence-electron chi connectivity index (χ3n) is 8.48. The molecule has 4 heterocycles. The van der Waals surface area contributed by atoms with Crippen molar-refractivity contribution in [3.8, 4) is 11.1 Å². The molecule has 4 aromatic rings. The lowest BCUT2D eigenvalue weighted by Crippen LogP contribution is -2.50. The quantitative estimate of drug-likeness (QED) is 0.247. The predicted octanol–water partition coefficient (Wildman–Crippen LogP) is 4.64. The number of hydrogen-bond acceptors (Lipinski definition) is 11. The summed E-state index contributed by atoms with van der Waals surface area (Å²) in [5, 5.41) is 7.19. The van der Waals surface area contributed by atoms with Gasteiger partial charge in [0.25, 0.3) is 10.0 Å². The Bertz CT molecular complexity index is 1800. The lowest BCUT2D eigenvalue weighted by Gasteiger charge is -2.35. The van der Waals surface area contributed by atoms with E-state index in [9.17, 15) is 13.2 Å². The maximum Gasteiger partial charge on any atom is 0.413 e. The van der Waals surface area contributed by atoms with Gasteiger partial charge in [0.15, 0.2) is 9.34 Å². The summed E-state index contributed by atoms with van der Waals surface area (Å²) in [5.74, 6) is 0.783. The zero-order chi connectivity index (χ0) is 32.3. The maximum absolute atomic E-state index is 13.4. The fraction of sp³-hybridized carbons (Fsp3) is 0.438. The Morgan fingerprint density at radius 1 is 1.02 bits per heavy atom. The minimum Gasteiger partial charge on any atom is -0.453 e. The molecule has 0 aliphatic carbocycles. The summed E-state index contributed by atoms with van der Waals surface area (Å²) in [4.78, 5) is 29.8. The van der Waals surface area contributed by atoms with Crippen molar-refractivity contribution in [1.82, 2.24) is 29.1 Å². The van der Waals surface area contributed by atoms with Gasteiger partial charge in [0, 0.05) is 56.3 Å². The summed E-state index contributed by atoms with van der Waals surface area (Å²) in [7, 11) is -2.50. The number of likely N-dealkylation sites (tertiary alicyclic amines) is 1. The van der Waals surface area contributed by atoms with Crippen LogP contribution in [0.25, 0.3) is 22.0 Å². The van der Waals surface area contributed by atoms with Crippen LogP contribution in [0.4, 0.5) is 15.7 Å². The van der Waals surface area contributed by atoms with Crippen LogP contribution >= 0.6 is 11.3 Å². The molecule has 0 radical (unpaired) electrons. The Hall–Kier alpha value is -3.69. The third kappa shape index (κ3) is 7.15. The van der Waals surface area contributed by atoms with Gasteiger partial charge in [-0.3, -0.25) is 15.1 Å². The van der Waals surface area contributed by atoms with E-state index in [-0.39, 0.29) is 15.4 Å². The number of methoxy groups -OCH3 is 1. The largest absolute Gasteiger partial charge is 0.453 e. The van der Waals surface area contributed by atoms with Gasteiger partial charge in [-0.1, -0.05) is 41.7 Å². The van der Waals surface area contributed by atoms with Crippen molar-refractivity contribution in [2.24, 2.45) is 0 Å². The molecule has 46 heavy (non-hydrogen) atoms. The van der Waals surface area contributed by atoms with Crippen molar-refractivity contribution in [1.29, 1.82) is 0 Å². The van der Waals surface area contributed by atoms with Gasteiger partial charge in [-0.25, -0.2) is 28.2 Å². The average molecular weight is 665 g/mol. The molecule has 2 saturated heterocycles. The van der Waals surface area contributed by atoms with Crippen LogP contribution in [0.3, 0.4) is 0 Å². The molecule has 0 bridgehead atoms. The van der Waals surface area contributed by atoms with Gasteiger partial charge in [0.1, 0.15) is 12.1 Å². The van der Waals surface area contributed by atoms with E-state index in [4.69, 9.17) is 4.98 Å². The van der Waals surface area contributed by atoms with Crippen LogP contribution in [0.15, 0.2) is 53.0 Å². The molecule has 2 N–H and O–H groups in total. The number of rotatable bonds is 10. The highest BCUT2D eigenvalue weighted by Gasteiger charge is 2.32. The second-order valence-electron chi connectivity index (χ2n) is 11.9. The highest BCUT2D eigenvalue weighted by atomic mass is 32.2. The number of carbonyl (C=O) groups excluding carboxylic acids is 1. The first kappa shape index (κ1) is 32.3. The number of aryl methyl sites for hydroxylation is 1. The number of aromatic nitrogens is 3. The number of benzene rings is 2. The van der Waals surface area contributed by atoms with Gasteiger partial charge in [0.05, 0.1) is 18.3 Å². The highest BCUT2D eigenvalue weighted by molar-refractivity contribution is 7.91. The van der Waals surface area contributed by atoms with E-state index in [1.165, 1.54) is 42.9 Å². The molecular weight excluding hydrogens is 625 g/mol. The molecule has 2 aromatic carbocycles. The van der Waals surface area contributed by atoms with Crippen LogP contribution in [-0.2, 0) is 21.3 Å². The average Bonchev–Trinajstić information content (AvgIpc) is 3.70. The number of nitrogens with zero attached hydrogens (tertiary/aromatic N) is 6. The van der Waals surface area contributed by atoms with E-state index >= 15 is 0 Å². The van der Waals surface area contributed by atoms with Crippen LogP contribution in [-0.4, -0.2) is 103 Å². The fourth-order valence-electron chi connectivity index (χ4n) is 6.22. The van der Waals surface area contributed by atoms with Crippen molar-refractivity contribution >= 4 is 49.3 Å². The van der Waals surface area contributed by atoms with Gasteiger partial charge >= 0.3 is 6.09 Å². The van der Waals surface area contributed by atoms with E-state index < -0.39 is 16.1 Å². The van der Waals surface area contributed by atoms with Crippen molar-refractivity contribution < 1.29 is 17.9 Å². The lowest BCUT2D eigenvalue weighted by molar-refractivity contribution is 0.184. The molecule has 0 saturated carbocycles. The molecular formula is C32H40N8O4S2. The Labute approximate surface area is 273 Å². The number of hydrogen-bond donors (Lipinski definition) is 2. The first-order valence-electron chi connectivity index (χ1n) is 15.6. The van der Waals surface area contributed by atoms with Crippen molar-refractivity contribution in [2.45, 2.75) is 43.5 Å². The first-order valence-corrected chi connectivity index (χ1v) is 17.8. The second kappa shape index (κ2) is 14.0. The van der Waals surface area contributed by atoms with E-state index in [1.807, 2.05) is 0 Å². The number of sulfonamides is 1. The number of amides is 1. The minimum atomic E-state index is -3.74. The van der Waals surface area contributed by atoms with Crippen molar-refractivity contribution in [3.63, 3.8) is 0 Å². The molecule has 2 aliphatic rings. The minimum absolute atomic E-state index is 0.0596. The van der Waals surface area contributed by atoms with Crippen LogP contribution in [0.1, 0.15) is 31.0 Å². The SMILES string of the molecule is COC(=O)Nc1nc(C)c(S(=O)(=O)N2CCN(C[C@H](C)Nc3ncnc4c(-c5cccc(CN6CCCC6)c5)cccc34)CC2)s1. The molecule has 2 aliphatic heterocycles. The summed E-state index contributed by atoms with van der Waals surface area (Å²) in [5.41, 5.74) is 4.81. The van der Waals surface area contributed by atoms with E-state index in [0.29, 0.717) is 31.9 Å². The Kier molecular flexibility index (Phi) is 9.80. The van der Waals surface area contributed by atoms with Gasteiger partial charge in [-0.2, -0.15) is 4.31 Å². The molecule has 0 spiro atoms. The second-order valence-corrected chi connectivity index (χ2v) is 15.0. The molecule has 12 nitrogen and oxygen atoms in total. The Balaban J connectivity index is 1.09. The number of carbonyl (C=O) groups is 1. The summed E-state index contributed by atoms with van der Waals surface area (Å²) < 4.78 is 33.0. The van der Waals surface area contributed by atoms with Crippen LogP contribution < -0.4 is 10.6 Å². The fourth-order valence-corrected chi connectivity index (χ4v) is 9.18. The summed E-state index contributed by atoms with van der Waals surface area (Å²) in [6.07, 6.45) is 3.48. The first-order chi connectivity index (χ1) is 22.2. The predicted molar refractivity (Wildman–Crippen MR) is 181 cm³/mol. The van der Waals surface area contributed by atoms with Gasteiger partial charge < -0.3 is 10.1 Å². The monoisotopic (exact) mass is 664 g/mol. The molecule has 14 heteroatoms. The number of para-hydroxylation sites is 1. The number of thiazole rings is 1. The summed E-state index contributed by atoms with van der Waals surface area (Å²) >= 11 is 0.933. The summed E-state index contributed by atoms with van der Waals surface area (Å²) in [6.45, 7) is 9.69. The van der Waals surface area contributed by atoms with Crippen LogP contribution in [0.2, 0.25) is 0 Å². The van der Waals surface area contributed by atoms with E-state index in [1.54, 1.807) is 13.3 Å². The molecule has 6 rings (SSSR count). The molecule has 244 valence electrons. The third-order valence-corrected chi connectivity index (χ3v) is 12.0. The lowest BCUT2D eigenvalue weighted by atomic mass is 10.00. The van der Waals surface area contributed by atoms with Gasteiger partial charge in [-0.05, 0) is 63.0 Å². The Morgan fingerprint density at radius 3 is 2.54 bits per heavy atom. The smallest absolute Gasteiger partial charge is 0.413 e. The van der Waals surface area contributed by atoms with Gasteiger partial charge in [0.2, 0.25) is 0 Å². The highest BCUT2D eigenvalue weighted by Crippen LogP contribution is 2.32.